The Morgan fingerprint density at radius 1 is 1.33 bits per heavy atom. The second-order valence-corrected chi connectivity index (χ2v) is 7.73. The molecule has 2 aliphatic carbocycles. The molecule has 2 heteroatoms. The van der Waals surface area contributed by atoms with Gasteiger partial charge in [-0.05, 0) is 61.3 Å². The average molecular weight is 253 g/mol. The molecule has 2 rings (SSSR count). The standard InChI is InChI=1S/C16H31NO/c1-12(11-18)6-5-9-17-14-15(2,3)13-7-8-16(14,4)10-13/h12-14,17-18H,5-11H2,1-4H3. The lowest BCUT2D eigenvalue weighted by Gasteiger charge is -2.43. The summed E-state index contributed by atoms with van der Waals surface area (Å²) in [5.41, 5.74) is 1.01. The van der Waals surface area contributed by atoms with Crippen molar-refractivity contribution in [3.63, 3.8) is 0 Å². The molecule has 0 spiro atoms. The summed E-state index contributed by atoms with van der Waals surface area (Å²) in [5.74, 6) is 1.38. The predicted molar refractivity (Wildman–Crippen MR) is 76.5 cm³/mol. The van der Waals surface area contributed by atoms with Crippen molar-refractivity contribution in [3.05, 3.63) is 0 Å². The Kier molecular flexibility index (Phi) is 4.08. The van der Waals surface area contributed by atoms with Gasteiger partial charge in [-0.1, -0.05) is 27.7 Å². The molecule has 0 aromatic carbocycles. The first-order valence-electron chi connectivity index (χ1n) is 7.74. The fourth-order valence-electron chi connectivity index (χ4n) is 4.60. The van der Waals surface area contributed by atoms with E-state index in [1.165, 1.54) is 25.7 Å². The zero-order chi connectivity index (χ0) is 13.4. The largest absolute Gasteiger partial charge is 0.396 e. The van der Waals surface area contributed by atoms with E-state index in [2.05, 4.69) is 33.0 Å². The van der Waals surface area contributed by atoms with Crippen molar-refractivity contribution in [2.24, 2.45) is 22.7 Å². The molecular weight excluding hydrogens is 222 g/mol. The first-order valence-corrected chi connectivity index (χ1v) is 7.74. The van der Waals surface area contributed by atoms with Gasteiger partial charge in [-0.3, -0.25) is 0 Å². The number of nitrogens with one attached hydrogen (secondary N) is 1. The number of aliphatic hydroxyl groups excluding tert-OH is 1. The molecule has 2 aliphatic rings. The molecule has 18 heavy (non-hydrogen) atoms. The van der Waals surface area contributed by atoms with E-state index in [0.29, 0.717) is 29.4 Å². The highest BCUT2D eigenvalue weighted by Crippen LogP contribution is 2.62. The number of hydrogen-bond donors (Lipinski definition) is 2. The van der Waals surface area contributed by atoms with Crippen molar-refractivity contribution in [1.29, 1.82) is 0 Å². The predicted octanol–water partition coefficient (Wildman–Crippen LogP) is 3.20. The van der Waals surface area contributed by atoms with Crippen LogP contribution in [0.15, 0.2) is 0 Å². The summed E-state index contributed by atoms with van der Waals surface area (Å²) < 4.78 is 0. The SMILES string of the molecule is CC(CO)CCCNC1C2(C)CCC(C2)C1(C)C. The van der Waals surface area contributed by atoms with Gasteiger partial charge >= 0.3 is 0 Å². The minimum absolute atomic E-state index is 0.328. The van der Waals surface area contributed by atoms with Crippen LogP contribution < -0.4 is 5.32 Å². The molecule has 0 aromatic rings. The molecule has 0 heterocycles. The molecule has 106 valence electrons. The summed E-state index contributed by atoms with van der Waals surface area (Å²) in [6.07, 6.45) is 6.59. The van der Waals surface area contributed by atoms with Gasteiger partial charge in [-0.15, -0.1) is 0 Å². The number of fused-ring (bicyclic) bond motifs is 2. The van der Waals surface area contributed by atoms with Gasteiger partial charge in [0.05, 0.1) is 0 Å². The maximum absolute atomic E-state index is 9.04. The third-order valence-electron chi connectivity index (χ3n) is 5.80. The quantitative estimate of drug-likeness (QED) is 0.713. The molecule has 0 saturated heterocycles. The van der Waals surface area contributed by atoms with Crippen molar-refractivity contribution < 1.29 is 5.11 Å². The van der Waals surface area contributed by atoms with Crippen molar-refractivity contribution in [3.8, 4) is 0 Å². The van der Waals surface area contributed by atoms with Gasteiger partial charge in [0.25, 0.3) is 0 Å². The first kappa shape index (κ1) is 14.3. The van der Waals surface area contributed by atoms with Gasteiger partial charge < -0.3 is 10.4 Å². The van der Waals surface area contributed by atoms with Gasteiger partial charge in [0.15, 0.2) is 0 Å². The summed E-state index contributed by atoms with van der Waals surface area (Å²) in [5, 5.41) is 12.9. The maximum atomic E-state index is 9.04. The minimum Gasteiger partial charge on any atom is -0.396 e. The van der Waals surface area contributed by atoms with Crippen LogP contribution >= 0.6 is 0 Å². The lowest BCUT2D eigenvalue weighted by atomic mass is 9.68. The molecule has 2 bridgehead atoms. The average Bonchev–Trinajstić information content (AvgIpc) is 2.78. The Bertz CT molecular complexity index is 284. The van der Waals surface area contributed by atoms with Crippen LogP contribution in [0, 0.1) is 22.7 Å². The molecular formula is C16H31NO. The van der Waals surface area contributed by atoms with Crippen LogP contribution in [0.5, 0.6) is 0 Å². The van der Waals surface area contributed by atoms with Crippen molar-refractivity contribution in [2.75, 3.05) is 13.2 Å². The Morgan fingerprint density at radius 2 is 2.06 bits per heavy atom. The number of rotatable bonds is 6. The summed E-state index contributed by atoms with van der Waals surface area (Å²) in [7, 11) is 0. The third-order valence-corrected chi connectivity index (χ3v) is 5.80. The van der Waals surface area contributed by atoms with Gasteiger partial charge in [-0.2, -0.15) is 0 Å². The van der Waals surface area contributed by atoms with E-state index >= 15 is 0 Å². The Balaban J connectivity index is 1.82. The Morgan fingerprint density at radius 3 is 2.61 bits per heavy atom. The zero-order valence-corrected chi connectivity index (χ0v) is 12.6. The van der Waals surface area contributed by atoms with Crippen molar-refractivity contribution in [2.45, 2.75) is 65.8 Å². The monoisotopic (exact) mass is 253 g/mol. The van der Waals surface area contributed by atoms with Crippen LogP contribution in [0.1, 0.15) is 59.8 Å². The number of aliphatic hydroxyl groups is 1. The van der Waals surface area contributed by atoms with Crippen LogP contribution in [0.4, 0.5) is 0 Å². The van der Waals surface area contributed by atoms with Crippen LogP contribution in [-0.4, -0.2) is 24.3 Å². The summed E-state index contributed by atoms with van der Waals surface area (Å²) in [4.78, 5) is 0. The molecule has 4 unspecified atom stereocenters. The fourth-order valence-corrected chi connectivity index (χ4v) is 4.60. The summed E-state index contributed by atoms with van der Waals surface area (Å²) >= 11 is 0. The molecule has 2 fully saturated rings. The van der Waals surface area contributed by atoms with E-state index in [4.69, 9.17) is 5.11 Å². The molecule has 0 radical (unpaired) electrons. The fraction of sp³-hybridized carbons (Fsp3) is 1.00. The highest BCUT2D eigenvalue weighted by molar-refractivity contribution is 5.11. The smallest absolute Gasteiger partial charge is 0.0456 e. The van der Waals surface area contributed by atoms with E-state index in [-0.39, 0.29) is 0 Å². The van der Waals surface area contributed by atoms with E-state index in [1.807, 2.05) is 0 Å². The van der Waals surface area contributed by atoms with E-state index in [1.54, 1.807) is 0 Å². The van der Waals surface area contributed by atoms with Crippen LogP contribution in [-0.2, 0) is 0 Å². The van der Waals surface area contributed by atoms with Gasteiger partial charge in [-0.25, -0.2) is 0 Å². The lowest BCUT2D eigenvalue weighted by Crippen LogP contribution is -2.50. The Hall–Kier alpha value is -0.0800. The topological polar surface area (TPSA) is 32.3 Å². The van der Waals surface area contributed by atoms with Crippen molar-refractivity contribution >= 4 is 0 Å². The van der Waals surface area contributed by atoms with E-state index in [0.717, 1.165) is 18.9 Å². The minimum atomic E-state index is 0.328. The van der Waals surface area contributed by atoms with E-state index in [9.17, 15) is 0 Å². The first-order chi connectivity index (χ1) is 8.40. The third kappa shape index (κ3) is 2.46. The van der Waals surface area contributed by atoms with Crippen molar-refractivity contribution in [1.82, 2.24) is 5.32 Å². The highest BCUT2D eigenvalue weighted by atomic mass is 16.3. The summed E-state index contributed by atoms with van der Waals surface area (Å²) in [6.45, 7) is 11.0. The summed E-state index contributed by atoms with van der Waals surface area (Å²) in [6, 6.07) is 0.688. The molecule has 0 aromatic heterocycles. The van der Waals surface area contributed by atoms with E-state index < -0.39 is 0 Å². The molecule has 2 saturated carbocycles. The maximum Gasteiger partial charge on any atom is 0.0456 e. The molecule has 0 amide bonds. The normalized spacial score (nSPS) is 39.2. The second-order valence-electron chi connectivity index (χ2n) is 7.73. The van der Waals surface area contributed by atoms with Crippen LogP contribution in [0.3, 0.4) is 0 Å². The van der Waals surface area contributed by atoms with Gasteiger partial charge in [0, 0.05) is 12.6 Å². The number of hydrogen-bond acceptors (Lipinski definition) is 2. The molecule has 2 N–H and O–H groups in total. The lowest BCUT2D eigenvalue weighted by molar-refractivity contribution is 0.108. The second kappa shape index (κ2) is 5.13. The van der Waals surface area contributed by atoms with Crippen LogP contribution in [0.2, 0.25) is 0 Å². The molecule has 2 nitrogen and oxygen atoms in total. The molecule has 0 aliphatic heterocycles. The van der Waals surface area contributed by atoms with Gasteiger partial charge in [0.1, 0.15) is 0 Å². The zero-order valence-electron chi connectivity index (χ0n) is 12.6. The highest BCUT2D eigenvalue weighted by Gasteiger charge is 2.58. The molecule has 4 atom stereocenters. The Labute approximate surface area is 113 Å². The van der Waals surface area contributed by atoms with Gasteiger partial charge in [0.2, 0.25) is 0 Å². The van der Waals surface area contributed by atoms with Crippen LogP contribution in [0.25, 0.3) is 0 Å².